The van der Waals surface area contributed by atoms with E-state index in [4.69, 9.17) is 5.73 Å². The SMILES string of the molecule is NCc1nc(C(=O)Nc2ccc(OCC(F)(F)C(F)F)nc2)cs1. The molecule has 2 rings (SSSR count). The van der Waals surface area contributed by atoms with Crippen LogP contribution in [-0.4, -0.2) is 34.8 Å². The molecule has 0 aliphatic heterocycles. The minimum absolute atomic E-state index is 0.178. The molecular weight excluding hydrogens is 352 g/mol. The van der Waals surface area contributed by atoms with Crippen molar-refractivity contribution in [2.75, 3.05) is 11.9 Å². The lowest BCUT2D eigenvalue weighted by Gasteiger charge is -2.15. The van der Waals surface area contributed by atoms with Gasteiger partial charge < -0.3 is 15.8 Å². The smallest absolute Gasteiger partial charge is 0.340 e. The van der Waals surface area contributed by atoms with Crippen LogP contribution < -0.4 is 15.8 Å². The van der Waals surface area contributed by atoms with Gasteiger partial charge in [0.05, 0.1) is 11.9 Å². The second kappa shape index (κ2) is 7.53. The van der Waals surface area contributed by atoms with Crippen molar-refractivity contribution in [2.45, 2.75) is 18.9 Å². The highest BCUT2D eigenvalue weighted by molar-refractivity contribution is 7.09. The van der Waals surface area contributed by atoms with Crippen molar-refractivity contribution in [2.24, 2.45) is 5.73 Å². The fourth-order valence-corrected chi connectivity index (χ4v) is 2.13. The average Bonchev–Trinajstić information content (AvgIpc) is 3.03. The summed E-state index contributed by atoms with van der Waals surface area (Å²) in [6, 6.07) is 2.50. The van der Waals surface area contributed by atoms with Crippen molar-refractivity contribution >= 4 is 22.9 Å². The van der Waals surface area contributed by atoms with Gasteiger partial charge in [-0.05, 0) is 6.07 Å². The van der Waals surface area contributed by atoms with Crippen molar-refractivity contribution in [1.82, 2.24) is 9.97 Å². The number of hydrogen-bond donors (Lipinski definition) is 2. The molecule has 0 aromatic carbocycles. The molecule has 0 spiro atoms. The maximum Gasteiger partial charge on any atom is 0.340 e. The Hall–Kier alpha value is -2.27. The molecule has 0 aliphatic carbocycles. The second-order valence-electron chi connectivity index (χ2n) is 4.52. The summed E-state index contributed by atoms with van der Waals surface area (Å²) >= 11 is 1.24. The number of carbonyl (C=O) groups excluding carboxylic acids is 1. The summed E-state index contributed by atoms with van der Waals surface area (Å²) in [7, 11) is 0. The van der Waals surface area contributed by atoms with Gasteiger partial charge in [-0.2, -0.15) is 8.78 Å². The molecule has 0 fully saturated rings. The molecule has 0 bridgehead atoms. The maximum absolute atomic E-state index is 12.7. The second-order valence-corrected chi connectivity index (χ2v) is 5.46. The van der Waals surface area contributed by atoms with Crippen LogP contribution in [0.25, 0.3) is 0 Å². The number of ether oxygens (including phenoxy) is 1. The van der Waals surface area contributed by atoms with Gasteiger partial charge >= 0.3 is 12.3 Å². The molecule has 0 radical (unpaired) electrons. The van der Waals surface area contributed by atoms with Gasteiger partial charge in [0.25, 0.3) is 5.91 Å². The maximum atomic E-state index is 12.7. The van der Waals surface area contributed by atoms with Crippen LogP contribution in [0, 0.1) is 0 Å². The first kappa shape index (κ1) is 18.1. The lowest BCUT2D eigenvalue weighted by Crippen LogP contribution is -2.33. The van der Waals surface area contributed by atoms with Crippen LogP contribution in [-0.2, 0) is 6.54 Å². The Morgan fingerprint density at radius 2 is 2.17 bits per heavy atom. The zero-order valence-electron chi connectivity index (χ0n) is 12.0. The highest BCUT2D eigenvalue weighted by Gasteiger charge is 2.41. The van der Waals surface area contributed by atoms with E-state index in [-0.39, 0.29) is 23.8 Å². The average molecular weight is 364 g/mol. The summed E-state index contributed by atoms with van der Waals surface area (Å²) in [6.07, 6.45) is -2.68. The Morgan fingerprint density at radius 3 is 2.71 bits per heavy atom. The molecule has 0 aliphatic rings. The molecule has 1 amide bonds. The third-order valence-electron chi connectivity index (χ3n) is 2.68. The van der Waals surface area contributed by atoms with Gasteiger partial charge in [-0.1, -0.05) is 0 Å². The third kappa shape index (κ3) is 4.61. The van der Waals surface area contributed by atoms with Gasteiger partial charge in [-0.3, -0.25) is 4.79 Å². The summed E-state index contributed by atoms with van der Waals surface area (Å²) in [5.41, 5.74) is 5.84. The van der Waals surface area contributed by atoms with E-state index >= 15 is 0 Å². The Morgan fingerprint density at radius 1 is 1.42 bits per heavy atom. The summed E-state index contributed by atoms with van der Waals surface area (Å²) in [6.45, 7) is -1.28. The molecule has 2 aromatic heterocycles. The van der Waals surface area contributed by atoms with E-state index in [1.54, 1.807) is 0 Å². The van der Waals surface area contributed by atoms with E-state index in [9.17, 15) is 22.4 Å². The standard InChI is InChI=1S/C13H12F4N4O2S/c14-12(15)13(16,17)6-23-9-2-1-7(4-19-9)20-11(22)8-5-24-10(3-18)21-8/h1-2,4-5,12H,3,6,18H2,(H,20,22). The Balaban J connectivity index is 1.93. The fraction of sp³-hybridized carbons (Fsp3) is 0.308. The van der Waals surface area contributed by atoms with Crippen molar-refractivity contribution < 1.29 is 27.1 Å². The summed E-state index contributed by atoms with van der Waals surface area (Å²) in [5.74, 6) is -5.03. The predicted molar refractivity (Wildman–Crippen MR) is 78.6 cm³/mol. The number of alkyl halides is 4. The van der Waals surface area contributed by atoms with Gasteiger partial charge in [-0.25, -0.2) is 18.7 Å². The Bertz CT molecular complexity index is 694. The molecule has 6 nitrogen and oxygen atoms in total. The van der Waals surface area contributed by atoms with Crippen LogP contribution in [0.3, 0.4) is 0 Å². The highest BCUT2D eigenvalue weighted by Crippen LogP contribution is 2.24. The quantitative estimate of drug-likeness (QED) is 0.737. The molecular formula is C13H12F4N4O2S. The number of pyridine rings is 1. The zero-order chi connectivity index (χ0) is 17.7. The summed E-state index contributed by atoms with van der Waals surface area (Å²) in [4.78, 5) is 19.6. The molecule has 24 heavy (non-hydrogen) atoms. The first-order valence-electron chi connectivity index (χ1n) is 6.52. The van der Waals surface area contributed by atoms with Crippen LogP contribution in [0.4, 0.5) is 23.2 Å². The summed E-state index contributed by atoms with van der Waals surface area (Å²) in [5, 5.41) is 4.63. The molecule has 0 saturated carbocycles. The molecule has 11 heteroatoms. The number of carbonyl (C=O) groups is 1. The molecule has 2 aromatic rings. The Kier molecular flexibility index (Phi) is 5.67. The van der Waals surface area contributed by atoms with Crippen LogP contribution in [0.5, 0.6) is 5.88 Å². The normalized spacial score (nSPS) is 11.6. The van der Waals surface area contributed by atoms with E-state index in [1.807, 2.05) is 0 Å². The van der Waals surface area contributed by atoms with E-state index < -0.39 is 24.9 Å². The van der Waals surface area contributed by atoms with E-state index in [1.165, 1.54) is 28.8 Å². The minimum Gasteiger partial charge on any atom is -0.471 e. The van der Waals surface area contributed by atoms with Gasteiger partial charge in [0.2, 0.25) is 5.88 Å². The van der Waals surface area contributed by atoms with Crippen LogP contribution in [0.2, 0.25) is 0 Å². The number of hydrogen-bond acceptors (Lipinski definition) is 6. The zero-order valence-corrected chi connectivity index (χ0v) is 12.8. The topological polar surface area (TPSA) is 90.1 Å². The van der Waals surface area contributed by atoms with E-state index in [2.05, 4.69) is 20.0 Å². The number of nitrogens with one attached hydrogen (secondary N) is 1. The van der Waals surface area contributed by atoms with Gasteiger partial charge in [-0.15, -0.1) is 11.3 Å². The largest absolute Gasteiger partial charge is 0.471 e. The highest BCUT2D eigenvalue weighted by atomic mass is 32.1. The van der Waals surface area contributed by atoms with Crippen molar-refractivity contribution in [3.63, 3.8) is 0 Å². The number of halogens is 4. The van der Waals surface area contributed by atoms with Crippen LogP contribution in [0.15, 0.2) is 23.7 Å². The van der Waals surface area contributed by atoms with Crippen LogP contribution in [0.1, 0.15) is 15.5 Å². The number of amides is 1. The number of aromatic nitrogens is 2. The van der Waals surface area contributed by atoms with Crippen molar-refractivity contribution in [1.29, 1.82) is 0 Å². The number of thiazole rings is 1. The first-order chi connectivity index (χ1) is 11.3. The minimum atomic E-state index is -4.26. The molecule has 3 N–H and O–H groups in total. The van der Waals surface area contributed by atoms with E-state index in [0.717, 1.165) is 6.20 Å². The third-order valence-corrected chi connectivity index (χ3v) is 3.56. The molecule has 0 saturated heterocycles. The van der Waals surface area contributed by atoms with Crippen molar-refractivity contribution in [3.05, 3.63) is 34.4 Å². The molecule has 130 valence electrons. The first-order valence-corrected chi connectivity index (χ1v) is 7.40. The summed E-state index contributed by atoms with van der Waals surface area (Å²) < 4.78 is 54.0. The molecule has 0 atom stereocenters. The number of anilines is 1. The van der Waals surface area contributed by atoms with E-state index in [0.29, 0.717) is 5.01 Å². The van der Waals surface area contributed by atoms with Crippen molar-refractivity contribution in [3.8, 4) is 5.88 Å². The fourth-order valence-electron chi connectivity index (χ4n) is 1.48. The molecule has 2 heterocycles. The predicted octanol–water partition coefficient (Wildman–Crippen LogP) is 2.53. The lowest BCUT2D eigenvalue weighted by molar-refractivity contribution is -0.148. The lowest BCUT2D eigenvalue weighted by atomic mass is 10.3. The Labute approximate surface area is 137 Å². The number of nitrogens with two attached hydrogens (primary N) is 1. The van der Waals surface area contributed by atoms with Crippen LogP contribution >= 0.6 is 11.3 Å². The van der Waals surface area contributed by atoms with Gasteiger partial charge in [0.1, 0.15) is 10.7 Å². The van der Waals surface area contributed by atoms with Gasteiger partial charge in [0.15, 0.2) is 6.61 Å². The monoisotopic (exact) mass is 364 g/mol. The molecule has 0 unspecified atom stereocenters. The number of rotatable bonds is 7. The van der Waals surface area contributed by atoms with Gasteiger partial charge in [0, 0.05) is 18.0 Å². The number of nitrogens with zero attached hydrogens (tertiary/aromatic N) is 2.